The van der Waals surface area contributed by atoms with E-state index in [1.165, 1.54) is 31.0 Å². The molecule has 1 amide bonds. The highest BCUT2D eigenvalue weighted by atomic mass is 32.2. The third-order valence-corrected chi connectivity index (χ3v) is 6.88. The molecule has 1 aromatic carbocycles. The predicted octanol–water partition coefficient (Wildman–Crippen LogP) is 5.05. The highest BCUT2D eigenvalue weighted by Gasteiger charge is 2.23. The fraction of sp³-hybridized carbons (Fsp3) is 0.417. The third-order valence-electron chi connectivity index (χ3n) is 5.92. The molecule has 1 N–H and O–H groups in total. The van der Waals surface area contributed by atoms with E-state index in [0.29, 0.717) is 12.5 Å². The van der Waals surface area contributed by atoms with Crippen molar-refractivity contribution >= 4 is 23.4 Å². The molecule has 4 rings (SSSR count). The van der Waals surface area contributed by atoms with Gasteiger partial charge in [-0.25, -0.2) is 4.68 Å². The second-order valence-electron chi connectivity index (χ2n) is 8.21. The molecule has 32 heavy (non-hydrogen) atoms. The van der Waals surface area contributed by atoms with Crippen LogP contribution in [0.2, 0.25) is 0 Å². The minimum atomic E-state index is -0.0822. The summed E-state index contributed by atoms with van der Waals surface area (Å²) in [5.74, 6) is 1.66. The van der Waals surface area contributed by atoms with E-state index in [1.54, 1.807) is 0 Å². The van der Waals surface area contributed by atoms with E-state index in [1.807, 2.05) is 54.9 Å². The standard InChI is InChI=1S/C24H30N6OS/c1-4-15-29-23(19-11-7-5-8-12-19)26-27-24(29)32-16-21(31)25-22-17(2)28-30(18(22)3)20-13-9-6-10-14-20/h4,6,9-10,13-14,19H,1,5,7-8,11-12,15-16H2,2-3H3,(H,25,31). The van der Waals surface area contributed by atoms with E-state index < -0.39 is 0 Å². The van der Waals surface area contributed by atoms with E-state index in [-0.39, 0.29) is 11.7 Å². The molecule has 8 heteroatoms. The number of rotatable bonds is 8. The van der Waals surface area contributed by atoms with Gasteiger partial charge in [0, 0.05) is 12.5 Å². The average Bonchev–Trinajstić information content (AvgIpc) is 3.35. The quantitative estimate of drug-likeness (QED) is 0.384. The molecule has 2 heterocycles. The van der Waals surface area contributed by atoms with Gasteiger partial charge in [0.2, 0.25) is 5.91 Å². The summed E-state index contributed by atoms with van der Waals surface area (Å²) in [4.78, 5) is 12.8. The number of amides is 1. The second kappa shape index (κ2) is 10.2. The maximum atomic E-state index is 12.8. The summed E-state index contributed by atoms with van der Waals surface area (Å²) in [6, 6.07) is 9.91. The molecule has 0 aliphatic heterocycles. The summed E-state index contributed by atoms with van der Waals surface area (Å²) in [6.45, 7) is 8.42. The molecule has 1 aliphatic carbocycles. The van der Waals surface area contributed by atoms with Crippen LogP contribution >= 0.6 is 11.8 Å². The van der Waals surface area contributed by atoms with Crippen LogP contribution in [-0.4, -0.2) is 36.2 Å². The summed E-state index contributed by atoms with van der Waals surface area (Å²) in [6.07, 6.45) is 7.96. The molecular weight excluding hydrogens is 420 g/mol. The number of aromatic nitrogens is 5. The largest absolute Gasteiger partial charge is 0.322 e. The van der Waals surface area contributed by atoms with Gasteiger partial charge in [-0.15, -0.1) is 16.8 Å². The molecule has 0 bridgehead atoms. The van der Waals surface area contributed by atoms with Gasteiger partial charge >= 0.3 is 0 Å². The molecule has 0 radical (unpaired) electrons. The number of para-hydroxylation sites is 1. The molecule has 1 fully saturated rings. The summed E-state index contributed by atoms with van der Waals surface area (Å²) in [7, 11) is 0. The van der Waals surface area contributed by atoms with Crippen molar-refractivity contribution in [1.29, 1.82) is 0 Å². The van der Waals surface area contributed by atoms with E-state index in [2.05, 4.69) is 31.8 Å². The van der Waals surface area contributed by atoms with Crippen molar-refractivity contribution in [2.45, 2.75) is 63.6 Å². The van der Waals surface area contributed by atoms with Crippen LogP contribution in [0.5, 0.6) is 0 Å². The van der Waals surface area contributed by atoms with Crippen LogP contribution < -0.4 is 5.32 Å². The van der Waals surface area contributed by atoms with Gasteiger partial charge in [0.1, 0.15) is 5.82 Å². The van der Waals surface area contributed by atoms with Crippen LogP contribution in [0.3, 0.4) is 0 Å². The van der Waals surface area contributed by atoms with Crippen LogP contribution in [0.25, 0.3) is 5.69 Å². The zero-order chi connectivity index (χ0) is 22.5. The lowest BCUT2D eigenvalue weighted by atomic mass is 9.89. The topological polar surface area (TPSA) is 77.6 Å². The Kier molecular flexibility index (Phi) is 7.09. The Morgan fingerprint density at radius 2 is 1.94 bits per heavy atom. The Hall–Kier alpha value is -2.87. The number of aryl methyl sites for hydroxylation is 1. The minimum absolute atomic E-state index is 0.0822. The van der Waals surface area contributed by atoms with Crippen molar-refractivity contribution in [2.24, 2.45) is 0 Å². The number of anilines is 1. The van der Waals surface area contributed by atoms with Crippen molar-refractivity contribution in [3.05, 3.63) is 60.2 Å². The van der Waals surface area contributed by atoms with E-state index in [9.17, 15) is 4.79 Å². The first-order valence-corrected chi connectivity index (χ1v) is 12.1. The highest BCUT2D eigenvalue weighted by molar-refractivity contribution is 7.99. The fourth-order valence-electron chi connectivity index (χ4n) is 4.32. The number of carbonyl (C=O) groups is 1. The van der Waals surface area contributed by atoms with E-state index in [4.69, 9.17) is 0 Å². The third kappa shape index (κ3) is 4.80. The van der Waals surface area contributed by atoms with Crippen LogP contribution in [0.1, 0.15) is 55.2 Å². The summed E-state index contributed by atoms with van der Waals surface area (Å²) >= 11 is 1.42. The Balaban J connectivity index is 1.44. The number of benzene rings is 1. The van der Waals surface area contributed by atoms with Gasteiger partial charge in [0.15, 0.2) is 5.16 Å². The maximum Gasteiger partial charge on any atom is 0.234 e. The average molecular weight is 451 g/mol. The van der Waals surface area contributed by atoms with Gasteiger partial charge in [-0.1, -0.05) is 55.3 Å². The van der Waals surface area contributed by atoms with Crippen molar-refractivity contribution in [2.75, 3.05) is 11.1 Å². The monoisotopic (exact) mass is 450 g/mol. The van der Waals surface area contributed by atoms with Gasteiger partial charge in [0.25, 0.3) is 0 Å². The number of hydrogen-bond donors (Lipinski definition) is 1. The summed E-state index contributed by atoms with van der Waals surface area (Å²) in [5.41, 5.74) is 3.42. The Morgan fingerprint density at radius 3 is 2.66 bits per heavy atom. The first kappa shape index (κ1) is 22.3. The smallest absolute Gasteiger partial charge is 0.234 e. The molecule has 168 valence electrons. The number of carbonyl (C=O) groups excluding carboxylic acids is 1. The molecule has 3 aromatic rings. The van der Waals surface area contributed by atoms with Crippen molar-refractivity contribution in [3.8, 4) is 5.69 Å². The van der Waals surface area contributed by atoms with Crippen LogP contribution in [0.15, 0.2) is 48.1 Å². The molecule has 0 spiro atoms. The summed E-state index contributed by atoms with van der Waals surface area (Å²) in [5, 5.41) is 17.3. The van der Waals surface area contributed by atoms with E-state index >= 15 is 0 Å². The van der Waals surface area contributed by atoms with Crippen LogP contribution in [-0.2, 0) is 11.3 Å². The molecule has 2 aromatic heterocycles. The highest BCUT2D eigenvalue weighted by Crippen LogP contribution is 2.33. The van der Waals surface area contributed by atoms with Gasteiger partial charge in [-0.2, -0.15) is 5.10 Å². The predicted molar refractivity (Wildman–Crippen MR) is 128 cm³/mol. The van der Waals surface area contributed by atoms with E-state index in [0.717, 1.165) is 46.6 Å². The van der Waals surface area contributed by atoms with Crippen molar-refractivity contribution in [1.82, 2.24) is 24.5 Å². The molecule has 1 aliphatic rings. The SMILES string of the molecule is C=CCn1c(SCC(=O)Nc2c(C)nn(-c3ccccc3)c2C)nnc1C1CCCCC1. The Bertz CT molecular complexity index is 1080. The van der Waals surface area contributed by atoms with Crippen molar-refractivity contribution in [3.63, 3.8) is 0 Å². The van der Waals surface area contributed by atoms with Crippen LogP contribution in [0, 0.1) is 13.8 Å². The number of hydrogen-bond acceptors (Lipinski definition) is 5. The number of nitrogens with zero attached hydrogens (tertiary/aromatic N) is 5. The van der Waals surface area contributed by atoms with Crippen molar-refractivity contribution < 1.29 is 4.79 Å². The lowest BCUT2D eigenvalue weighted by Gasteiger charge is -2.21. The summed E-state index contributed by atoms with van der Waals surface area (Å²) < 4.78 is 3.97. The maximum absolute atomic E-state index is 12.8. The van der Waals surface area contributed by atoms with Gasteiger partial charge in [0.05, 0.1) is 28.5 Å². The minimum Gasteiger partial charge on any atom is -0.322 e. The molecule has 0 saturated heterocycles. The van der Waals surface area contributed by atoms with Gasteiger partial charge in [-0.05, 0) is 38.8 Å². The zero-order valence-corrected chi connectivity index (χ0v) is 19.6. The van der Waals surface area contributed by atoms with Gasteiger partial charge < -0.3 is 9.88 Å². The molecular formula is C24H30N6OS. The first-order chi connectivity index (χ1) is 15.6. The van der Waals surface area contributed by atoms with Crippen LogP contribution in [0.4, 0.5) is 5.69 Å². The zero-order valence-electron chi connectivity index (χ0n) is 18.8. The number of nitrogens with one attached hydrogen (secondary N) is 1. The molecule has 0 atom stereocenters. The molecule has 0 unspecified atom stereocenters. The Labute approximate surface area is 193 Å². The number of thioether (sulfide) groups is 1. The first-order valence-electron chi connectivity index (χ1n) is 11.2. The normalized spacial score (nSPS) is 14.4. The molecule has 7 nitrogen and oxygen atoms in total. The number of allylic oxidation sites excluding steroid dienone is 1. The Morgan fingerprint density at radius 1 is 1.19 bits per heavy atom. The molecule has 1 saturated carbocycles. The van der Waals surface area contributed by atoms with Gasteiger partial charge in [-0.3, -0.25) is 4.79 Å². The lowest BCUT2D eigenvalue weighted by molar-refractivity contribution is -0.113. The second-order valence-corrected chi connectivity index (χ2v) is 9.15. The fourth-order valence-corrected chi connectivity index (χ4v) is 5.07. The lowest BCUT2D eigenvalue weighted by Crippen LogP contribution is -2.16.